The first-order valence-electron chi connectivity index (χ1n) is 9.96. The highest BCUT2D eigenvalue weighted by molar-refractivity contribution is 5.81. The average Bonchev–Trinajstić information content (AvgIpc) is 2.68. The number of nitrogens with one attached hydrogen (secondary N) is 2. The standard InChI is InChI=1S/C17H31N5O11/c1-17(2,3)33-16(28)20-8(5-4-6-19-15(18)21-22(29)30)13(26)31-7-9-10(23)11(24)12(25)14(27)32-9/h8-12,14,23-25,27H,4-7H2,1-3H3,(H,20,28)(H3,18,19,21)/t8-,9?,10+,11?,12?,14+/m1/s1. The summed E-state index contributed by atoms with van der Waals surface area (Å²) in [6.45, 7) is 4.23. The summed E-state index contributed by atoms with van der Waals surface area (Å²) in [6, 6.07) is -1.24. The third-order valence-electron chi connectivity index (χ3n) is 4.19. The molecule has 1 heterocycles. The van der Waals surface area contributed by atoms with Gasteiger partial charge in [0.1, 0.15) is 42.7 Å². The van der Waals surface area contributed by atoms with Crippen LogP contribution in [0.4, 0.5) is 4.79 Å². The molecule has 1 aliphatic rings. The predicted octanol–water partition coefficient (Wildman–Crippen LogP) is -2.90. The number of nitrogens with two attached hydrogens (primary N) is 1. The minimum atomic E-state index is -1.81. The Hall–Kier alpha value is -2.79. The maximum atomic E-state index is 12.5. The molecule has 0 saturated carbocycles. The van der Waals surface area contributed by atoms with Crippen LogP contribution in [0.25, 0.3) is 0 Å². The number of aliphatic imine (C=N–C) groups is 1. The highest BCUT2D eigenvalue weighted by Crippen LogP contribution is 2.20. The van der Waals surface area contributed by atoms with Gasteiger partial charge in [0, 0.05) is 6.54 Å². The molecule has 0 aromatic heterocycles. The Morgan fingerprint density at radius 2 is 1.85 bits per heavy atom. The fourth-order valence-corrected chi connectivity index (χ4v) is 2.66. The molecule has 0 aromatic rings. The molecule has 190 valence electrons. The van der Waals surface area contributed by atoms with E-state index in [2.05, 4.69) is 10.3 Å². The molecule has 33 heavy (non-hydrogen) atoms. The molecule has 6 atom stereocenters. The van der Waals surface area contributed by atoms with Crippen molar-refractivity contribution >= 4 is 18.0 Å². The number of esters is 1. The monoisotopic (exact) mass is 481 g/mol. The van der Waals surface area contributed by atoms with Gasteiger partial charge >= 0.3 is 12.1 Å². The molecular weight excluding hydrogens is 450 g/mol. The van der Waals surface area contributed by atoms with Crippen LogP contribution in [0, 0.1) is 10.1 Å². The smallest absolute Gasteiger partial charge is 0.408 e. The summed E-state index contributed by atoms with van der Waals surface area (Å²) >= 11 is 0. The highest BCUT2D eigenvalue weighted by Gasteiger charge is 2.43. The maximum Gasteiger partial charge on any atom is 0.408 e. The first-order valence-corrected chi connectivity index (χ1v) is 9.96. The molecule has 1 fully saturated rings. The van der Waals surface area contributed by atoms with Gasteiger partial charge in [0.05, 0.1) is 0 Å². The molecule has 0 radical (unpaired) electrons. The van der Waals surface area contributed by atoms with Crippen molar-refractivity contribution in [3.63, 3.8) is 0 Å². The minimum Gasteiger partial charge on any atom is -0.461 e. The first kappa shape index (κ1) is 28.2. The van der Waals surface area contributed by atoms with Gasteiger partial charge in [-0.3, -0.25) is 0 Å². The van der Waals surface area contributed by atoms with E-state index < -0.39 is 72.0 Å². The number of nitrogens with zero attached hydrogens (tertiary/aromatic N) is 2. The largest absolute Gasteiger partial charge is 0.461 e. The van der Waals surface area contributed by atoms with Crippen molar-refractivity contribution in [3.05, 3.63) is 10.1 Å². The van der Waals surface area contributed by atoms with Crippen LogP contribution in [0.15, 0.2) is 4.99 Å². The van der Waals surface area contributed by atoms with Crippen LogP contribution < -0.4 is 16.5 Å². The van der Waals surface area contributed by atoms with E-state index in [4.69, 9.17) is 19.9 Å². The maximum absolute atomic E-state index is 12.5. The zero-order valence-corrected chi connectivity index (χ0v) is 18.4. The molecule has 16 heteroatoms. The quantitative estimate of drug-likeness (QED) is 0.0436. The summed E-state index contributed by atoms with van der Waals surface area (Å²) in [4.78, 5) is 38.6. The molecule has 0 aromatic carbocycles. The topological polar surface area (TPSA) is 248 Å². The fourth-order valence-electron chi connectivity index (χ4n) is 2.66. The van der Waals surface area contributed by atoms with E-state index >= 15 is 0 Å². The third-order valence-corrected chi connectivity index (χ3v) is 4.19. The lowest BCUT2D eigenvalue weighted by Gasteiger charge is -2.38. The molecule has 3 unspecified atom stereocenters. The molecule has 0 spiro atoms. The van der Waals surface area contributed by atoms with Gasteiger partial charge in [-0.25, -0.2) is 24.7 Å². The van der Waals surface area contributed by atoms with Crippen LogP contribution in [-0.4, -0.2) is 99.0 Å². The number of rotatable bonds is 9. The molecule has 1 saturated heterocycles. The van der Waals surface area contributed by atoms with Crippen LogP contribution in [-0.2, 0) is 19.0 Å². The predicted molar refractivity (Wildman–Crippen MR) is 109 cm³/mol. The molecule has 0 bridgehead atoms. The van der Waals surface area contributed by atoms with E-state index in [9.17, 15) is 40.1 Å². The Morgan fingerprint density at radius 1 is 1.21 bits per heavy atom. The lowest BCUT2D eigenvalue weighted by Crippen LogP contribution is -2.59. The summed E-state index contributed by atoms with van der Waals surface area (Å²) < 4.78 is 15.1. The van der Waals surface area contributed by atoms with Gasteiger partial charge in [-0.05, 0) is 33.6 Å². The summed E-state index contributed by atoms with van der Waals surface area (Å²) in [7, 11) is 0. The van der Waals surface area contributed by atoms with E-state index in [0.29, 0.717) is 0 Å². The number of guanidine groups is 1. The second-order valence-electron chi connectivity index (χ2n) is 8.14. The molecule has 8 N–H and O–H groups in total. The number of nitro groups is 1. The van der Waals surface area contributed by atoms with Crippen LogP contribution in [0.1, 0.15) is 33.6 Å². The van der Waals surface area contributed by atoms with Crippen LogP contribution in [0.2, 0.25) is 0 Å². The molecule has 16 nitrogen and oxygen atoms in total. The Labute approximate surface area is 188 Å². The fraction of sp³-hybridized carbons (Fsp3) is 0.824. The Morgan fingerprint density at radius 3 is 2.42 bits per heavy atom. The van der Waals surface area contributed by atoms with E-state index in [0.717, 1.165) is 0 Å². The van der Waals surface area contributed by atoms with Gasteiger partial charge in [-0.15, -0.1) is 0 Å². The van der Waals surface area contributed by atoms with Gasteiger partial charge in [-0.2, -0.15) is 0 Å². The minimum absolute atomic E-state index is 0.0207. The summed E-state index contributed by atoms with van der Waals surface area (Å²) in [5.41, 5.74) is 6.10. The van der Waals surface area contributed by atoms with Crippen molar-refractivity contribution in [2.45, 2.75) is 76.0 Å². The SMILES string of the molecule is CC(C)(C)OC(=O)N[C@H](CCCN=C(N)N[N+](=O)[O-])C(=O)OCC1O[C@H](O)C(O)C(O)[C@H]1O. The van der Waals surface area contributed by atoms with Gasteiger partial charge in [0.15, 0.2) is 11.3 Å². The van der Waals surface area contributed by atoms with Gasteiger partial charge < -0.3 is 45.7 Å². The number of carbonyl (C=O) groups is 2. The lowest BCUT2D eigenvalue weighted by molar-refractivity contribution is -0.525. The number of alkyl carbamates (subject to hydrolysis) is 1. The zero-order chi connectivity index (χ0) is 25.3. The van der Waals surface area contributed by atoms with Crippen molar-refractivity contribution < 1.29 is 49.3 Å². The van der Waals surface area contributed by atoms with E-state index in [-0.39, 0.29) is 19.4 Å². The van der Waals surface area contributed by atoms with Gasteiger partial charge in [0.25, 0.3) is 5.96 Å². The van der Waals surface area contributed by atoms with Crippen molar-refractivity contribution in [2.24, 2.45) is 10.7 Å². The Kier molecular flexibility index (Phi) is 10.7. The Balaban J connectivity index is 2.73. The number of hydrogen-bond acceptors (Lipinski definition) is 12. The number of amides is 1. The van der Waals surface area contributed by atoms with Crippen molar-refractivity contribution in [1.82, 2.24) is 10.7 Å². The van der Waals surface area contributed by atoms with Gasteiger partial charge in [-0.1, -0.05) is 5.43 Å². The average molecular weight is 481 g/mol. The van der Waals surface area contributed by atoms with E-state index in [1.165, 1.54) is 0 Å². The Bertz CT molecular complexity index is 714. The van der Waals surface area contributed by atoms with Crippen molar-refractivity contribution in [3.8, 4) is 0 Å². The molecule has 0 aliphatic carbocycles. The molecule has 1 amide bonds. The summed E-state index contributed by atoms with van der Waals surface area (Å²) in [5.74, 6) is -1.39. The molecule has 1 rings (SSSR count). The third kappa shape index (κ3) is 10.1. The normalized spacial score (nSPS) is 26.8. The second kappa shape index (κ2) is 12.4. The van der Waals surface area contributed by atoms with E-state index in [1.807, 2.05) is 0 Å². The number of aliphatic hydroxyl groups is 4. The number of hydrazine groups is 1. The second-order valence-corrected chi connectivity index (χ2v) is 8.14. The molecular formula is C17H31N5O11. The number of hydrogen-bond donors (Lipinski definition) is 7. The highest BCUT2D eigenvalue weighted by atomic mass is 16.7. The number of aliphatic hydroxyl groups excluding tert-OH is 4. The first-order chi connectivity index (χ1) is 15.2. The lowest BCUT2D eigenvalue weighted by atomic mass is 9.99. The van der Waals surface area contributed by atoms with Crippen molar-refractivity contribution in [2.75, 3.05) is 13.2 Å². The van der Waals surface area contributed by atoms with E-state index in [1.54, 1.807) is 26.2 Å². The van der Waals surface area contributed by atoms with Crippen LogP contribution in [0.3, 0.4) is 0 Å². The number of ether oxygens (including phenoxy) is 3. The molecule has 1 aliphatic heterocycles. The summed E-state index contributed by atoms with van der Waals surface area (Å²) in [6.07, 6.45) is -9.06. The van der Waals surface area contributed by atoms with Crippen molar-refractivity contribution in [1.29, 1.82) is 0 Å². The van der Waals surface area contributed by atoms with Gasteiger partial charge in [0.2, 0.25) is 0 Å². The van der Waals surface area contributed by atoms with Crippen LogP contribution in [0.5, 0.6) is 0 Å². The number of carbonyl (C=O) groups excluding carboxylic acids is 2. The summed E-state index contributed by atoms with van der Waals surface area (Å²) in [5, 5.41) is 50.4. The zero-order valence-electron chi connectivity index (χ0n) is 18.4. The van der Waals surface area contributed by atoms with Crippen LogP contribution >= 0.6 is 0 Å².